The van der Waals surface area contributed by atoms with Crippen LogP contribution in [-0.2, 0) is 11.2 Å². The monoisotopic (exact) mass is 274 g/mol. The third-order valence-corrected chi connectivity index (χ3v) is 4.08. The molecular formula is C17H26N2O. The molecule has 20 heavy (non-hydrogen) atoms. The summed E-state index contributed by atoms with van der Waals surface area (Å²) in [5, 5.41) is 6.55. The van der Waals surface area contributed by atoms with Crippen molar-refractivity contribution in [3.63, 3.8) is 0 Å². The van der Waals surface area contributed by atoms with Gasteiger partial charge in [-0.05, 0) is 57.2 Å². The molecule has 0 saturated carbocycles. The molecule has 1 fully saturated rings. The van der Waals surface area contributed by atoms with E-state index in [0.29, 0.717) is 12.5 Å². The summed E-state index contributed by atoms with van der Waals surface area (Å²) in [5.74, 6) is 0.180. The van der Waals surface area contributed by atoms with E-state index in [1.807, 2.05) is 0 Å². The third-order valence-electron chi connectivity index (χ3n) is 4.08. The van der Waals surface area contributed by atoms with Gasteiger partial charge in [-0.15, -0.1) is 0 Å². The van der Waals surface area contributed by atoms with Crippen molar-refractivity contribution in [1.82, 2.24) is 10.6 Å². The van der Waals surface area contributed by atoms with Gasteiger partial charge in [0.15, 0.2) is 0 Å². The smallest absolute Gasteiger partial charge is 0.220 e. The van der Waals surface area contributed by atoms with Crippen LogP contribution in [0.5, 0.6) is 0 Å². The highest BCUT2D eigenvalue weighted by Gasteiger charge is 2.16. The fourth-order valence-electron chi connectivity index (χ4n) is 2.88. The lowest BCUT2D eigenvalue weighted by Crippen LogP contribution is -2.35. The standard InChI is InChI=1S/C17H26N2O/c1-13-6-3-4-7-15(13)12-14(2)19-17(20)10-9-16-8-5-11-18-16/h3-4,6-7,14,16,18H,5,8-12H2,1-2H3,(H,19,20). The van der Waals surface area contributed by atoms with E-state index < -0.39 is 0 Å². The summed E-state index contributed by atoms with van der Waals surface area (Å²) < 4.78 is 0. The van der Waals surface area contributed by atoms with Gasteiger partial charge in [-0.1, -0.05) is 24.3 Å². The van der Waals surface area contributed by atoms with E-state index >= 15 is 0 Å². The van der Waals surface area contributed by atoms with Gasteiger partial charge in [0.05, 0.1) is 0 Å². The van der Waals surface area contributed by atoms with E-state index in [4.69, 9.17) is 0 Å². The minimum atomic E-state index is 0.180. The molecule has 3 heteroatoms. The molecule has 2 unspecified atom stereocenters. The highest BCUT2D eigenvalue weighted by atomic mass is 16.1. The SMILES string of the molecule is Cc1ccccc1CC(C)NC(=O)CCC1CCCN1. The maximum absolute atomic E-state index is 11.9. The number of nitrogens with one attached hydrogen (secondary N) is 2. The fraction of sp³-hybridized carbons (Fsp3) is 0.588. The lowest BCUT2D eigenvalue weighted by molar-refractivity contribution is -0.121. The zero-order valence-corrected chi connectivity index (χ0v) is 12.6. The average molecular weight is 274 g/mol. The Morgan fingerprint density at radius 2 is 2.25 bits per heavy atom. The van der Waals surface area contributed by atoms with E-state index in [-0.39, 0.29) is 11.9 Å². The molecule has 0 spiro atoms. The Morgan fingerprint density at radius 1 is 1.45 bits per heavy atom. The first-order valence-corrected chi connectivity index (χ1v) is 7.72. The molecule has 1 aromatic carbocycles. The summed E-state index contributed by atoms with van der Waals surface area (Å²) >= 11 is 0. The first kappa shape index (κ1) is 15.0. The lowest BCUT2D eigenvalue weighted by Gasteiger charge is -2.16. The molecule has 0 radical (unpaired) electrons. The maximum atomic E-state index is 11.9. The Balaban J connectivity index is 1.72. The molecule has 3 nitrogen and oxygen atoms in total. The van der Waals surface area contributed by atoms with Crippen molar-refractivity contribution in [2.45, 2.75) is 58.0 Å². The van der Waals surface area contributed by atoms with E-state index in [0.717, 1.165) is 19.4 Å². The van der Waals surface area contributed by atoms with E-state index in [1.54, 1.807) is 0 Å². The fourth-order valence-corrected chi connectivity index (χ4v) is 2.88. The number of amides is 1. The van der Waals surface area contributed by atoms with E-state index in [9.17, 15) is 4.79 Å². The minimum absolute atomic E-state index is 0.180. The largest absolute Gasteiger partial charge is 0.353 e. The summed E-state index contributed by atoms with van der Waals surface area (Å²) in [6.45, 7) is 5.31. The molecule has 2 rings (SSSR count). The number of aryl methyl sites for hydroxylation is 1. The second-order valence-electron chi connectivity index (χ2n) is 5.93. The second-order valence-corrected chi connectivity index (χ2v) is 5.93. The summed E-state index contributed by atoms with van der Waals surface area (Å²) in [4.78, 5) is 11.9. The van der Waals surface area contributed by atoms with Crippen LogP contribution in [0.1, 0.15) is 43.7 Å². The second kappa shape index (κ2) is 7.44. The normalized spacial score (nSPS) is 19.8. The van der Waals surface area contributed by atoms with Gasteiger partial charge in [-0.25, -0.2) is 0 Å². The van der Waals surface area contributed by atoms with Gasteiger partial charge in [-0.2, -0.15) is 0 Å². The predicted molar refractivity (Wildman–Crippen MR) is 82.7 cm³/mol. The highest BCUT2D eigenvalue weighted by Crippen LogP contribution is 2.12. The summed E-state index contributed by atoms with van der Waals surface area (Å²) in [6, 6.07) is 9.11. The first-order valence-electron chi connectivity index (χ1n) is 7.72. The number of carbonyl (C=O) groups is 1. The van der Waals surface area contributed by atoms with Crippen molar-refractivity contribution in [3.8, 4) is 0 Å². The summed E-state index contributed by atoms with van der Waals surface area (Å²) in [5.41, 5.74) is 2.61. The van der Waals surface area contributed by atoms with Crippen LogP contribution in [0.15, 0.2) is 24.3 Å². The van der Waals surface area contributed by atoms with Gasteiger partial charge in [0, 0.05) is 18.5 Å². The number of rotatable bonds is 6. The summed E-state index contributed by atoms with van der Waals surface area (Å²) in [6.07, 6.45) is 4.96. The van der Waals surface area contributed by atoms with Crippen LogP contribution in [0.2, 0.25) is 0 Å². The zero-order valence-electron chi connectivity index (χ0n) is 12.6. The Hall–Kier alpha value is -1.35. The molecule has 1 saturated heterocycles. The van der Waals surface area contributed by atoms with E-state index in [1.165, 1.54) is 24.0 Å². The minimum Gasteiger partial charge on any atom is -0.353 e. The summed E-state index contributed by atoms with van der Waals surface area (Å²) in [7, 11) is 0. The topological polar surface area (TPSA) is 41.1 Å². The first-order chi connectivity index (χ1) is 9.65. The van der Waals surface area contributed by atoms with Gasteiger partial charge in [0.2, 0.25) is 5.91 Å². The van der Waals surface area contributed by atoms with Crippen LogP contribution in [-0.4, -0.2) is 24.5 Å². The molecule has 1 heterocycles. The molecule has 1 amide bonds. The maximum Gasteiger partial charge on any atom is 0.220 e. The number of benzene rings is 1. The van der Waals surface area contributed by atoms with Crippen LogP contribution in [0.25, 0.3) is 0 Å². The number of hydrogen-bond donors (Lipinski definition) is 2. The Labute approximate surface area is 122 Å². The van der Waals surface area contributed by atoms with Gasteiger partial charge in [0.1, 0.15) is 0 Å². The molecule has 2 atom stereocenters. The third kappa shape index (κ3) is 4.64. The molecule has 0 aromatic heterocycles. The van der Waals surface area contributed by atoms with Gasteiger partial charge >= 0.3 is 0 Å². The Morgan fingerprint density at radius 3 is 2.95 bits per heavy atom. The molecule has 1 aromatic rings. The van der Waals surface area contributed by atoms with Crippen LogP contribution in [0.4, 0.5) is 0 Å². The highest BCUT2D eigenvalue weighted by molar-refractivity contribution is 5.76. The lowest BCUT2D eigenvalue weighted by atomic mass is 10.0. The van der Waals surface area contributed by atoms with Crippen molar-refractivity contribution in [2.24, 2.45) is 0 Å². The Bertz CT molecular complexity index is 438. The van der Waals surface area contributed by atoms with Crippen molar-refractivity contribution in [2.75, 3.05) is 6.54 Å². The molecule has 110 valence electrons. The molecular weight excluding hydrogens is 248 g/mol. The van der Waals surface area contributed by atoms with Crippen LogP contribution >= 0.6 is 0 Å². The molecule has 2 N–H and O–H groups in total. The number of carbonyl (C=O) groups excluding carboxylic acids is 1. The molecule has 0 bridgehead atoms. The van der Waals surface area contributed by atoms with E-state index in [2.05, 4.69) is 48.7 Å². The molecule has 1 aliphatic rings. The van der Waals surface area contributed by atoms with Crippen molar-refractivity contribution in [3.05, 3.63) is 35.4 Å². The van der Waals surface area contributed by atoms with Gasteiger partial charge in [0.25, 0.3) is 0 Å². The molecule has 0 aliphatic carbocycles. The van der Waals surface area contributed by atoms with Crippen molar-refractivity contribution in [1.29, 1.82) is 0 Å². The van der Waals surface area contributed by atoms with Crippen LogP contribution in [0.3, 0.4) is 0 Å². The van der Waals surface area contributed by atoms with Crippen LogP contribution < -0.4 is 10.6 Å². The van der Waals surface area contributed by atoms with Crippen molar-refractivity contribution < 1.29 is 4.79 Å². The zero-order chi connectivity index (χ0) is 14.4. The van der Waals surface area contributed by atoms with Crippen molar-refractivity contribution >= 4 is 5.91 Å². The van der Waals surface area contributed by atoms with Gasteiger partial charge < -0.3 is 10.6 Å². The average Bonchev–Trinajstić information content (AvgIpc) is 2.92. The van der Waals surface area contributed by atoms with Crippen LogP contribution in [0, 0.1) is 6.92 Å². The molecule has 1 aliphatic heterocycles. The quantitative estimate of drug-likeness (QED) is 0.837. The Kier molecular flexibility index (Phi) is 5.60. The predicted octanol–water partition coefficient (Wildman–Crippen LogP) is 2.57. The number of hydrogen-bond acceptors (Lipinski definition) is 2. The van der Waals surface area contributed by atoms with Gasteiger partial charge in [-0.3, -0.25) is 4.79 Å².